The molecule has 0 aliphatic carbocycles. The van der Waals surface area contributed by atoms with Crippen LogP contribution in [0.25, 0.3) is 5.69 Å². The molecule has 2 amide bonds. The minimum Gasteiger partial charge on any atom is -0.497 e. The molecule has 4 aromatic rings. The van der Waals surface area contributed by atoms with Gasteiger partial charge in [0.1, 0.15) is 5.75 Å². The summed E-state index contributed by atoms with van der Waals surface area (Å²) in [5, 5.41) is 16.2. The highest BCUT2D eigenvalue weighted by Gasteiger charge is 2.17. The van der Waals surface area contributed by atoms with E-state index in [1.165, 1.54) is 11.8 Å². The van der Waals surface area contributed by atoms with Crippen LogP contribution in [0.5, 0.6) is 5.75 Å². The molecule has 0 saturated heterocycles. The van der Waals surface area contributed by atoms with E-state index in [9.17, 15) is 4.79 Å². The van der Waals surface area contributed by atoms with Crippen molar-refractivity contribution in [1.82, 2.24) is 20.1 Å². The van der Waals surface area contributed by atoms with Crippen molar-refractivity contribution in [1.29, 1.82) is 0 Å². The van der Waals surface area contributed by atoms with Crippen LogP contribution in [0.1, 0.15) is 17.0 Å². The molecular formula is C25H23Cl2N5O2S. The van der Waals surface area contributed by atoms with Crippen molar-refractivity contribution < 1.29 is 9.53 Å². The van der Waals surface area contributed by atoms with Crippen LogP contribution in [0.3, 0.4) is 0 Å². The molecule has 0 fully saturated rings. The van der Waals surface area contributed by atoms with E-state index in [1.807, 2.05) is 54.0 Å². The molecule has 0 unspecified atom stereocenters. The Hall–Kier alpha value is -3.20. The lowest BCUT2D eigenvalue weighted by Gasteiger charge is -2.14. The molecule has 7 nitrogen and oxygen atoms in total. The molecule has 3 aromatic carbocycles. The molecule has 180 valence electrons. The number of urea groups is 1. The number of thioether (sulfide) groups is 1. The molecule has 1 heterocycles. The van der Waals surface area contributed by atoms with E-state index in [4.69, 9.17) is 27.9 Å². The Morgan fingerprint density at radius 2 is 1.83 bits per heavy atom. The van der Waals surface area contributed by atoms with Crippen LogP contribution in [0, 0.1) is 6.92 Å². The second kappa shape index (κ2) is 11.5. The predicted molar refractivity (Wildman–Crippen MR) is 141 cm³/mol. The molecule has 35 heavy (non-hydrogen) atoms. The average Bonchev–Trinajstić information content (AvgIpc) is 3.25. The number of rotatable bonds is 8. The second-order valence-electron chi connectivity index (χ2n) is 7.62. The Morgan fingerprint density at radius 1 is 1.03 bits per heavy atom. The summed E-state index contributed by atoms with van der Waals surface area (Å²) in [5.74, 6) is 2.04. The van der Waals surface area contributed by atoms with Crippen LogP contribution in [-0.2, 0) is 12.3 Å². The molecule has 0 bridgehead atoms. The number of nitrogens with zero attached hydrogens (tertiary/aromatic N) is 3. The maximum Gasteiger partial charge on any atom is 0.319 e. The topological polar surface area (TPSA) is 81.1 Å². The van der Waals surface area contributed by atoms with Gasteiger partial charge in [-0.1, -0.05) is 59.2 Å². The van der Waals surface area contributed by atoms with Gasteiger partial charge in [0.05, 0.1) is 19.3 Å². The monoisotopic (exact) mass is 527 g/mol. The van der Waals surface area contributed by atoms with Crippen molar-refractivity contribution in [3.8, 4) is 11.4 Å². The summed E-state index contributed by atoms with van der Waals surface area (Å²) in [7, 11) is 1.65. The lowest BCUT2D eigenvalue weighted by molar-refractivity contribution is 0.251. The summed E-state index contributed by atoms with van der Waals surface area (Å²) in [6, 6.07) is 20.1. The number of carbonyl (C=O) groups excluding carboxylic acids is 1. The Labute approximate surface area is 217 Å². The molecule has 0 aliphatic rings. The third kappa shape index (κ3) is 6.48. The van der Waals surface area contributed by atoms with Gasteiger partial charge in [0.25, 0.3) is 0 Å². The number of aromatic nitrogens is 3. The number of hydrogen-bond donors (Lipinski definition) is 2. The molecule has 2 N–H and O–H groups in total. The van der Waals surface area contributed by atoms with Crippen molar-refractivity contribution in [2.75, 3.05) is 12.4 Å². The quantitative estimate of drug-likeness (QED) is 0.255. The van der Waals surface area contributed by atoms with E-state index in [1.54, 1.807) is 31.4 Å². The zero-order chi connectivity index (χ0) is 24.8. The van der Waals surface area contributed by atoms with E-state index in [-0.39, 0.29) is 12.6 Å². The van der Waals surface area contributed by atoms with Gasteiger partial charge in [-0.25, -0.2) is 4.79 Å². The van der Waals surface area contributed by atoms with E-state index >= 15 is 0 Å². The fourth-order valence-electron chi connectivity index (χ4n) is 3.38. The number of anilines is 1. The number of methoxy groups -OCH3 is 1. The van der Waals surface area contributed by atoms with Gasteiger partial charge in [0.15, 0.2) is 11.0 Å². The van der Waals surface area contributed by atoms with Gasteiger partial charge in [0, 0.05) is 21.5 Å². The first-order valence-electron chi connectivity index (χ1n) is 10.7. The predicted octanol–water partition coefficient (Wildman–Crippen LogP) is 6.51. The zero-order valence-electron chi connectivity index (χ0n) is 19.1. The largest absolute Gasteiger partial charge is 0.497 e. The summed E-state index contributed by atoms with van der Waals surface area (Å²) in [6.45, 7) is 2.15. The maximum atomic E-state index is 12.5. The standard InChI is InChI=1S/C25H23Cl2N5O2S/c1-16-9-10-19(27)13-22(16)32-23(14-28-24(33)29-20-7-4-6-18(26)12-20)30-31-25(32)35-15-17-5-3-8-21(11-17)34-2/h3-13H,14-15H2,1-2H3,(H2,28,29,33). The molecule has 0 saturated carbocycles. The average molecular weight is 528 g/mol. The molecule has 0 atom stereocenters. The Bertz CT molecular complexity index is 1350. The summed E-state index contributed by atoms with van der Waals surface area (Å²) in [4.78, 5) is 12.5. The van der Waals surface area contributed by atoms with Crippen molar-refractivity contribution in [3.05, 3.63) is 93.7 Å². The summed E-state index contributed by atoms with van der Waals surface area (Å²) < 4.78 is 7.25. The third-order valence-corrected chi connectivity index (χ3v) is 6.57. The normalized spacial score (nSPS) is 10.7. The number of aryl methyl sites for hydroxylation is 1. The van der Waals surface area contributed by atoms with Gasteiger partial charge in [0.2, 0.25) is 0 Å². The van der Waals surface area contributed by atoms with Gasteiger partial charge >= 0.3 is 6.03 Å². The molecule has 10 heteroatoms. The number of carbonyl (C=O) groups is 1. The molecule has 4 rings (SSSR count). The number of hydrogen-bond acceptors (Lipinski definition) is 5. The second-order valence-corrected chi connectivity index (χ2v) is 9.44. The molecule has 0 spiro atoms. The van der Waals surface area contributed by atoms with Crippen LogP contribution in [0.4, 0.5) is 10.5 Å². The first-order valence-corrected chi connectivity index (χ1v) is 12.4. The fourth-order valence-corrected chi connectivity index (χ4v) is 4.65. The van der Waals surface area contributed by atoms with Crippen molar-refractivity contribution >= 4 is 46.7 Å². The van der Waals surface area contributed by atoms with Crippen LogP contribution in [-0.4, -0.2) is 27.9 Å². The minimum absolute atomic E-state index is 0.158. The number of amides is 2. The zero-order valence-corrected chi connectivity index (χ0v) is 21.4. The highest BCUT2D eigenvalue weighted by molar-refractivity contribution is 7.98. The van der Waals surface area contributed by atoms with Crippen LogP contribution < -0.4 is 15.4 Å². The molecule has 1 aromatic heterocycles. The molecule has 0 aliphatic heterocycles. The summed E-state index contributed by atoms with van der Waals surface area (Å²) >= 11 is 13.8. The number of ether oxygens (including phenoxy) is 1. The highest BCUT2D eigenvalue weighted by atomic mass is 35.5. The van der Waals surface area contributed by atoms with Crippen molar-refractivity contribution in [2.45, 2.75) is 24.4 Å². The van der Waals surface area contributed by atoms with Crippen LogP contribution in [0.15, 0.2) is 71.9 Å². The van der Waals surface area contributed by atoms with Crippen molar-refractivity contribution in [3.63, 3.8) is 0 Å². The Kier molecular flexibility index (Phi) is 8.17. The van der Waals surface area contributed by atoms with Crippen LogP contribution >= 0.6 is 35.0 Å². The smallest absolute Gasteiger partial charge is 0.319 e. The van der Waals surface area contributed by atoms with Gasteiger partial charge in [-0.05, 0) is 60.5 Å². The maximum absolute atomic E-state index is 12.5. The summed E-state index contributed by atoms with van der Waals surface area (Å²) in [5.41, 5.74) is 3.54. The lowest BCUT2D eigenvalue weighted by Crippen LogP contribution is -2.29. The van der Waals surface area contributed by atoms with E-state index in [0.29, 0.717) is 32.5 Å². The molecule has 0 radical (unpaired) electrons. The van der Waals surface area contributed by atoms with Gasteiger partial charge < -0.3 is 15.4 Å². The van der Waals surface area contributed by atoms with Gasteiger partial charge in [-0.3, -0.25) is 4.57 Å². The molecular weight excluding hydrogens is 505 g/mol. The number of nitrogens with one attached hydrogen (secondary N) is 2. The highest BCUT2D eigenvalue weighted by Crippen LogP contribution is 2.29. The van der Waals surface area contributed by atoms with Gasteiger partial charge in [-0.2, -0.15) is 0 Å². The fraction of sp³-hybridized carbons (Fsp3) is 0.160. The first kappa shape index (κ1) is 24.9. The van der Waals surface area contributed by atoms with E-state index in [0.717, 1.165) is 22.6 Å². The lowest BCUT2D eigenvalue weighted by atomic mass is 10.2. The Morgan fingerprint density at radius 3 is 2.63 bits per heavy atom. The Balaban J connectivity index is 1.56. The SMILES string of the molecule is COc1cccc(CSc2nnc(CNC(=O)Nc3cccc(Cl)c3)n2-c2cc(Cl)ccc2C)c1. The van der Waals surface area contributed by atoms with Gasteiger partial charge in [-0.15, -0.1) is 10.2 Å². The number of benzene rings is 3. The third-order valence-electron chi connectivity index (χ3n) is 5.10. The summed E-state index contributed by atoms with van der Waals surface area (Å²) in [6.07, 6.45) is 0. The first-order chi connectivity index (χ1) is 16.9. The van der Waals surface area contributed by atoms with E-state index in [2.05, 4.69) is 20.8 Å². The van der Waals surface area contributed by atoms with E-state index < -0.39 is 0 Å². The minimum atomic E-state index is -0.379. The van der Waals surface area contributed by atoms with Crippen LogP contribution in [0.2, 0.25) is 10.0 Å². The number of halogens is 2. The van der Waals surface area contributed by atoms with Crippen molar-refractivity contribution in [2.24, 2.45) is 0 Å².